The maximum atomic E-state index is 13.3. The molecule has 8 heteroatoms. The number of carbonyl (C=O) groups is 1. The van der Waals surface area contributed by atoms with Crippen molar-refractivity contribution in [3.05, 3.63) is 51.2 Å². The van der Waals surface area contributed by atoms with E-state index in [-0.39, 0.29) is 18.1 Å². The number of halogens is 1. The molecule has 0 aliphatic carbocycles. The van der Waals surface area contributed by atoms with Crippen molar-refractivity contribution in [3.63, 3.8) is 0 Å². The van der Waals surface area contributed by atoms with Crippen molar-refractivity contribution < 1.29 is 14.3 Å². The van der Waals surface area contributed by atoms with Crippen LogP contribution in [0.3, 0.4) is 0 Å². The summed E-state index contributed by atoms with van der Waals surface area (Å²) < 4.78 is 14.6. The summed E-state index contributed by atoms with van der Waals surface area (Å²) in [5.74, 6) is -1.29. The van der Waals surface area contributed by atoms with Crippen LogP contribution in [0.25, 0.3) is 0 Å². The van der Waals surface area contributed by atoms with Gasteiger partial charge in [-0.3, -0.25) is 14.2 Å². The van der Waals surface area contributed by atoms with Gasteiger partial charge in [-0.25, -0.2) is 9.37 Å². The Morgan fingerprint density at radius 3 is 2.88 bits per heavy atom. The van der Waals surface area contributed by atoms with E-state index in [0.717, 1.165) is 0 Å². The quantitative estimate of drug-likeness (QED) is 0.867. The molecule has 1 aromatic heterocycles. The van der Waals surface area contributed by atoms with Crippen LogP contribution in [0.5, 0.6) is 5.75 Å². The van der Waals surface area contributed by atoms with Crippen molar-refractivity contribution in [3.8, 4) is 5.75 Å². The van der Waals surface area contributed by atoms with Gasteiger partial charge in [0.15, 0.2) is 5.69 Å². The van der Waals surface area contributed by atoms with Crippen LogP contribution in [0.15, 0.2) is 23.0 Å². The van der Waals surface area contributed by atoms with Crippen molar-refractivity contribution in [2.24, 2.45) is 0 Å². The summed E-state index contributed by atoms with van der Waals surface area (Å²) in [5, 5.41) is 12.6. The second-order valence-corrected chi connectivity index (χ2v) is 5.75. The summed E-state index contributed by atoms with van der Waals surface area (Å²) in [6, 6.07) is 4.50. The molecule has 0 fully saturated rings. The zero-order chi connectivity index (χ0) is 17.4. The molecule has 7 nitrogen and oxygen atoms in total. The fraction of sp³-hybridized carbons (Fsp3) is 0.312. The molecule has 2 N–H and O–H groups in total. The third kappa shape index (κ3) is 2.70. The minimum Gasteiger partial charge on any atom is -0.501 e. The van der Waals surface area contributed by atoms with E-state index in [9.17, 15) is 19.1 Å². The molecule has 2 aromatic rings. The number of aryl methyl sites for hydroxylation is 1. The Balaban J connectivity index is 1.83. The highest BCUT2D eigenvalue weighted by Crippen LogP contribution is 2.19. The van der Waals surface area contributed by atoms with Gasteiger partial charge in [-0.15, -0.1) is 0 Å². The normalized spacial score (nSPS) is 13.0. The first-order valence-corrected chi connectivity index (χ1v) is 7.46. The summed E-state index contributed by atoms with van der Waals surface area (Å²) in [6.07, 6.45) is 0. The predicted molar refractivity (Wildman–Crippen MR) is 85.7 cm³/mol. The summed E-state index contributed by atoms with van der Waals surface area (Å²) in [7, 11) is 1.76. The number of benzene rings is 1. The lowest BCUT2D eigenvalue weighted by Gasteiger charge is -2.12. The highest BCUT2D eigenvalue weighted by Gasteiger charge is 2.26. The van der Waals surface area contributed by atoms with Gasteiger partial charge in [0.2, 0.25) is 11.7 Å². The first-order valence-electron chi connectivity index (χ1n) is 7.46. The molecule has 0 radical (unpaired) electrons. The van der Waals surface area contributed by atoms with Crippen LogP contribution in [0, 0.1) is 12.7 Å². The largest absolute Gasteiger partial charge is 0.501 e. The number of amides is 1. The fourth-order valence-electron chi connectivity index (χ4n) is 2.62. The van der Waals surface area contributed by atoms with Crippen LogP contribution in [-0.4, -0.2) is 34.2 Å². The standard InChI is InChI=1S/C16H17FN4O3/c1-9-7-10(3-4-11(9)17)8-18-14(23)12-13(22)15(24)21-6-5-20(2)16(21)19-12/h3-4,7,22H,5-6,8H2,1-2H3,(H,18,23). The zero-order valence-corrected chi connectivity index (χ0v) is 13.3. The van der Waals surface area contributed by atoms with E-state index in [1.807, 2.05) is 0 Å². The van der Waals surface area contributed by atoms with Gasteiger partial charge in [-0.05, 0) is 24.1 Å². The van der Waals surface area contributed by atoms with Crippen LogP contribution in [-0.2, 0) is 13.1 Å². The first-order chi connectivity index (χ1) is 11.4. The van der Waals surface area contributed by atoms with Crippen molar-refractivity contribution in [2.45, 2.75) is 20.0 Å². The Kier molecular flexibility index (Phi) is 3.96. The average Bonchev–Trinajstić information content (AvgIpc) is 2.93. The number of fused-ring (bicyclic) bond motifs is 1. The van der Waals surface area contributed by atoms with Gasteiger partial charge in [0.05, 0.1) is 0 Å². The minimum absolute atomic E-state index is 0.134. The molecule has 1 aromatic carbocycles. The van der Waals surface area contributed by atoms with Crippen LogP contribution in [0.1, 0.15) is 21.6 Å². The average molecular weight is 332 g/mol. The first kappa shape index (κ1) is 16.0. The smallest absolute Gasteiger partial charge is 0.298 e. The molecule has 0 atom stereocenters. The second kappa shape index (κ2) is 5.95. The molecule has 3 rings (SSSR count). The van der Waals surface area contributed by atoms with Crippen molar-refractivity contribution >= 4 is 11.9 Å². The van der Waals surface area contributed by atoms with E-state index < -0.39 is 17.2 Å². The number of hydrogen-bond donors (Lipinski definition) is 2. The minimum atomic E-state index is -0.665. The molecule has 1 aliphatic rings. The molecule has 0 spiro atoms. The molecule has 126 valence electrons. The number of carbonyl (C=O) groups excluding carboxylic acids is 1. The van der Waals surface area contributed by atoms with Crippen molar-refractivity contribution in [1.29, 1.82) is 0 Å². The SMILES string of the molecule is Cc1cc(CNC(=O)c2nc3n(c(=O)c2O)CCN3C)ccc1F. The van der Waals surface area contributed by atoms with Crippen LogP contribution < -0.4 is 15.8 Å². The lowest BCUT2D eigenvalue weighted by Crippen LogP contribution is -2.29. The van der Waals surface area contributed by atoms with E-state index in [1.165, 1.54) is 10.6 Å². The van der Waals surface area contributed by atoms with Crippen LogP contribution >= 0.6 is 0 Å². The van der Waals surface area contributed by atoms with Crippen molar-refractivity contribution in [1.82, 2.24) is 14.9 Å². The van der Waals surface area contributed by atoms with E-state index in [1.54, 1.807) is 31.0 Å². The Morgan fingerprint density at radius 1 is 1.42 bits per heavy atom. The summed E-state index contributed by atoms with van der Waals surface area (Å²) >= 11 is 0. The molecular weight excluding hydrogens is 315 g/mol. The third-order valence-electron chi connectivity index (χ3n) is 4.02. The summed E-state index contributed by atoms with van der Waals surface area (Å²) in [6.45, 7) is 2.77. The van der Waals surface area contributed by atoms with E-state index in [0.29, 0.717) is 30.2 Å². The second-order valence-electron chi connectivity index (χ2n) is 5.75. The molecule has 2 heterocycles. The molecule has 0 saturated carbocycles. The topological polar surface area (TPSA) is 87.5 Å². The van der Waals surface area contributed by atoms with Gasteiger partial charge in [0, 0.05) is 26.7 Å². The fourth-order valence-corrected chi connectivity index (χ4v) is 2.62. The van der Waals surface area contributed by atoms with Gasteiger partial charge >= 0.3 is 0 Å². The number of likely N-dealkylation sites (N-methyl/N-ethyl adjacent to an activating group) is 1. The Bertz CT molecular complexity index is 878. The third-order valence-corrected chi connectivity index (χ3v) is 4.02. The maximum Gasteiger partial charge on any atom is 0.298 e. The Hall–Kier alpha value is -2.90. The van der Waals surface area contributed by atoms with Gasteiger partial charge in [-0.1, -0.05) is 12.1 Å². The number of aromatic nitrogens is 2. The number of aromatic hydroxyl groups is 1. The molecule has 0 unspecified atom stereocenters. The van der Waals surface area contributed by atoms with Gasteiger partial charge in [0.25, 0.3) is 11.5 Å². The van der Waals surface area contributed by atoms with E-state index in [4.69, 9.17) is 0 Å². The number of rotatable bonds is 3. The monoisotopic (exact) mass is 332 g/mol. The number of anilines is 1. The van der Waals surface area contributed by atoms with Gasteiger partial charge in [-0.2, -0.15) is 0 Å². The molecule has 0 saturated heterocycles. The summed E-state index contributed by atoms with van der Waals surface area (Å²) in [4.78, 5) is 30.2. The lowest BCUT2D eigenvalue weighted by molar-refractivity contribution is 0.0942. The highest BCUT2D eigenvalue weighted by molar-refractivity contribution is 5.95. The summed E-state index contributed by atoms with van der Waals surface area (Å²) in [5.41, 5.74) is 0.239. The Morgan fingerprint density at radius 2 is 2.17 bits per heavy atom. The molecule has 0 bridgehead atoms. The number of hydrogen-bond acceptors (Lipinski definition) is 5. The molecular formula is C16H17FN4O3. The molecule has 1 amide bonds. The number of nitrogens with zero attached hydrogens (tertiary/aromatic N) is 3. The van der Waals surface area contributed by atoms with E-state index >= 15 is 0 Å². The van der Waals surface area contributed by atoms with Crippen LogP contribution in [0.2, 0.25) is 0 Å². The van der Waals surface area contributed by atoms with Crippen molar-refractivity contribution in [2.75, 3.05) is 18.5 Å². The number of nitrogens with one attached hydrogen (secondary N) is 1. The zero-order valence-electron chi connectivity index (χ0n) is 13.3. The molecule has 24 heavy (non-hydrogen) atoms. The van der Waals surface area contributed by atoms with E-state index in [2.05, 4.69) is 10.3 Å². The van der Waals surface area contributed by atoms with Crippen LogP contribution in [0.4, 0.5) is 10.3 Å². The van der Waals surface area contributed by atoms with Gasteiger partial charge < -0.3 is 15.3 Å². The van der Waals surface area contributed by atoms with Gasteiger partial charge in [0.1, 0.15) is 5.82 Å². The predicted octanol–water partition coefficient (Wildman–Crippen LogP) is 0.776. The highest BCUT2D eigenvalue weighted by atomic mass is 19.1. The molecule has 1 aliphatic heterocycles. The lowest BCUT2D eigenvalue weighted by atomic mass is 10.1. The Labute approximate surface area is 137 Å². The maximum absolute atomic E-state index is 13.3.